The fraction of sp³-hybridized carbons (Fsp3) is 0.400. The Balaban J connectivity index is 0.00000353. The molecule has 208 valence electrons. The van der Waals surface area contributed by atoms with E-state index in [0.717, 1.165) is 55.9 Å². The van der Waals surface area contributed by atoms with E-state index in [4.69, 9.17) is 32.7 Å². The van der Waals surface area contributed by atoms with E-state index < -0.39 is 0 Å². The third-order valence-electron chi connectivity index (χ3n) is 8.08. The van der Waals surface area contributed by atoms with Crippen LogP contribution in [-0.2, 0) is 0 Å². The summed E-state index contributed by atoms with van der Waals surface area (Å²) in [5, 5.41) is 1.06. The summed E-state index contributed by atoms with van der Waals surface area (Å²) in [7, 11) is 5.19. The van der Waals surface area contributed by atoms with Gasteiger partial charge in [0.15, 0.2) is 0 Å². The summed E-state index contributed by atoms with van der Waals surface area (Å²) in [5.74, 6) is 1.94. The summed E-state index contributed by atoms with van der Waals surface area (Å²) in [5.41, 5.74) is 4.01. The van der Waals surface area contributed by atoms with Crippen molar-refractivity contribution in [3.63, 3.8) is 0 Å². The highest BCUT2D eigenvalue weighted by molar-refractivity contribution is 6.42. The molecule has 5 rings (SSSR count). The first-order valence-electron chi connectivity index (χ1n) is 13.0. The average molecular weight is 591 g/mol. The predicted molar refractivity (Wildman–Crippen MR) is 158 cm³/mol. The second-order valence-electron chi connectivity index (χ2n) is 10.1. The Morgan fingerprint density at radius 1 is 1.00 bits per heavy atom. The SMILES string of the molecule is COc1ccc2c(c1)C(=O)N(C)C2C(CCN1CCC(c2cccnc2OC)CC1)c1ccc(Cl)c(Cl)c1.Cl. The maximum Gasteiger partial charge on any atom is 0.254 e. The number of likely N-dealkylation sites (N-methyl/N-ethyl adjacent to an activating group) is 1. The monoisotopic (exact) mass is 589 g/mol. The highest BCUT2D eigenvalue weighted by Crippen LogP contribution is 2.46. The van der Waals surface area contributed by atoms with Crippen molar-refractivity contribution in [2.24, 2.45) is 0 Å². The second kappa shape index (κ2) is 12.8. The van der Waals surface area contributed by atoms with Crippen LogP contribution in [0.1, 0.15) is 64.2 Å². The van der Waals surface area contributed by atoms with Crippen molar-refractivity contribution >= 4 is 41.5 Å². The number of rotatable bonds is 8. The van der Waals surface area contributed by atoms with Crippen molar-refractivity contribution in [1.29, 1.82) is 0 Å². The van der Waals surface area contributed by atoms with Gasteiger partial charge in [0.25, 0.3) is 5.91 Å². The zero-order chi connectivity index (χ0) is 26.8. The number of benzene rings is 2. The lowest BCUT2D eigenvalue weighted by atomic mass is 9.84. The van der Waals surface area contributed by atoms with Crippen LogP contribution in [-0.4, -0.2) is 61.6 Å². The molecule has 0 radical (unpaired) electrons. The zero-order valence-corrected chi connectivity index (χ0v) is 24.7. The van der Waals surface area contributed by atoms with E-state index in [-0.39, 0.29) is 30.3 Å². The molecule has 3 heterocycles. The maximum absolute atomic E-state index is 13.3. The summed E-state index contributed by atoms with van der Waals surface area (Å²) in [6.45, 7) is 2.93. The van der Waals surface area contributed by atoms with Gasteiger partial charge in [0, 0.05) is 30.3 Å². The molecule has 3 aromatic rings. The van der Waals surface area contributed by atoms with Crippen LogP contribution in [0.3, 0.4) is 0 Å². The molecule has 2 unspecified atom stereocenters. The summed E-state index contributed by atoms with van der Waals surface area (Å²) in [6, 6.07) is 15.7. The first-order valence-corrected chi connectivity index (χ1v) is 13.8. The summed E-state index contributed by atoms with van der Waals surface area (Å²) < 4.78 is 10.9. The number of fused-ring (bicyclic) bond motifs is 1. The number of likely N-dealkylation sites (tertiary alicyclic amines) is 1. The molecule has 0 bridgehead atoms. The fourth-order valence-electron chi connectivity index (χ4n) is 6.04. The first kappa shape index (κ1) is 29.5. The Kier molecular flexibility index (Phi) is 9.65. The highest BCUT2D eigenvalue weighted by Gasteiger charge is 2.40. The summed E-state index contributed by atoms with van der Waals surface area (Å²) in [6.07, 6.45) is 4.78. The van der Waals surface area contributed by atoms with Gasteiger partial charge >= 0.3 is 0 Å². The average Bonchev–Trinajstić information content (AvgIpc) is 3.20. The lowest BCUT2D eigenvalue weighted by Gasteiger charge is -2.35. The van der Waals surface area contributed by atoms with Crippen LogP contribution in [0.15, 0.2) is 54.7 Å². The van der Waals surface area contributed by atoms with E-state index in [0.29, 0.717) is 27.3 Å². The number of pyridine rings is 1. The molecule has 1 saturated heterocycles. The molecule has 1 amide bonds. The minimum absolute atomic E-state index is 0. The van der Waals surface area contributed by atoms with Crippen molar-refractivity contribution in [2.75, 3.05) is 40.9 Å². The van der Waals surface area contributed by atoms with Gasteiger partial charge in [0.05, 0.1) is 30.3 Å². The van der Waals surface area contributed by atoms with Crippen LogP contribution >= 0.6 is 35.6 Å². The highest BCUT2D eigenvalue weighted by atomic mass is 35.5. The van der Waals surface area contributed by atoms with Crippen molar-refractivity contribution in [3.05, 3.63) is 87.0 Å². The quantitative estimate of drug-likeness (QED) is 0.283. The van der Waals surface area contributed by atoms with E-state index in [1.807, 2.05) is 54.4 Å². The third kappa shape index (κ3) is 5.99. The largest absolute Gasteiger partial charge is 0.497 e. The van der Waals surface area contributed by atoms with Gasteiger partial charge in [-0.3, -0.25) is 4.79 Å². The number of amides is 1. The minimum Gasteiger partial charge on any atom is -0.497 e. The van der Waals surface area contributed by atoms with Gasteiger partial charge in [-0.05, 0) is 86.3 Å². The van der Waals surface area contributed by atoms with Gasteiger partial charge in [-0.25, -0.2) is 4.98 Å². The fourth-order valence-corrected chi connectivity index (χ4v) is 6.35. The molecule has 0 saturated carbocycles. The lowest BCUT2D eigenvalue weighted by Crippen LogP contribution is -2.36. The Bertz CT molecular complexity index is 1310. The van der Waals surface area contributed by atoms with Crippen LogP contribution < -0.4 is 9.47 Å². The second-order valence-corrected chi connectivity index (χ2v) is 10.9. The van der Waals surface area contributed by atoms with Crippen LogP contribution in [0.5, 0.6) is 11.6 Å². The van der Waals surface area contributed by atoms with E-state index in [1.165, 1.54) is 5.56 Å². The van der Waals surface area contributed by atoms with Gasteiger partial charge in [-0.1, -0.05) is 41.4 Å². The molecule has 39 heavy (non-hydrogen) atoms. The van der Waals surface area contributed by atoms with E-state index >= 15 is 0 Å². The Hall–Kier alpha value is -2.51. The number of piperidine rings is 1. The molecule has 0 spiro atoms. The number of halogens is 3. The minimum atomic E-state index is -0.0992. The van der Waals surface area contributed by atoms with Gasteiger partial charge in [-0.15, -0.1) is 12.4 Å². The maximum atomic E-state index is 13.3. The molecule has 2 atom stereocenters. The Morgan fingerprint density at radius 3 is 2.46 bits per heavy atom. The standard InChI is InChI=1S/C30H33Cl2N3O3.ClH/c1-34-28(24-8-7-21(37-2)18-25(24)30(34)36)22(20-6-9-26(31)27(32)17-20)12-16-35-14-10-19(11-15-35)23-5-4-13-33-29(23)38-3;/h4-9,13,17-19,22,28H,10-12,14-16H2,1-3H3;1H. The predicted octanol–water partition coefficient (Wildman–Crippen LogP) is 7.01. The Morgan fingerprint density at radius 2 is 1.77 bits per heavy atom. The molecule has 1 aromatic heterocycles. The number of aromatic nitrogens is 1. The molecule has 6 nitrogen and oxygen atoms in total. The number of nitrogens with zero attached hydrogens (tertiary/aromatic N) is 3. The molecule has 2 aliphatic rings. The third-order valence-corrected chi connectivity index (χ3v) is 8.82. The number of hydrogen-bond donors (Lipinski definition) is 0. The molecule has 1 fully saturated rings. The smallest absolute Gasteiger partial charge is 0.254 e. The molecular formula is C30H34Cl3N3O3. The van der Waals surface area contributed by atoms with E-state index in [2.05, 4.69) is 16.0 Å². The molecule has 9 heteroatoms. The first-order chi connectivity index (χ1) is 18.4. The zero-order valence-electron chi connectivity index (χ0n) is 22.4. The molecular weight excluding hydrogens is 557 g/mol. The number of carbonyl (C=O) groups excluding carboxylic acids is 1. The van der Waals surface area contributed by atoms with E-state index in [9.17, 15) is 4.79 Å². The van der Waals surface area contributed by atoms with Gasteiger partial charge in [0.2, 0.25) is 5.88 Å². The van der Waals surface area contributed by atoms with Gasteiger partial charge < -0.3 is 19.3 Å². The number of ether oxygens (including phenoxy) is 2. The lowest BCUT2D eigenvalue weighted by molar-refractivity contribution is 0.0746. The van der Waals surface area contributed by atoms with Crippen molar-refractivity contribution < 1.29 is 14.3 Å². The number of hydrogen-bond acceptors (Lipinski definition) is 5. The number of methoxy groups -OCH3 is 2. The summed E-state index contributed by atoms with van der Waals surface area (Å²) >= 11 is 12.7. The normalized spacial score (nSPS) is 18.4. The van der Waals surface area contributed by atoms with Crippen LogP contribution in [0.4, 0.5) is 0 Å². The van der Waals surface area contributed by atoms with Crippen LogP contribution in [0, 0.1) is 0 Å². The van der Waals surface area contributed by atoms with Crippen LogP contribution in [0.2, 0.25) is 10.0 Å². The van der Waals surface area contributed by atoms with Crippen molar-refractivity contribution in [1.82, 2.24) is 14.8 Å². The molecule has 0 aliphatic carbocycles. The summed E-state index contributed by atoms with van der Waals surface area (Å²) in [4.78, 5) is 22.0. The molecule has 2 aromatic carbocycles. The number of carbonyl (C=O) groups is 1. The van der Waals surface area contributed by atoms with Crippen LogP contribution in [0.25, 0.3) is 0 Å². The molecule has 2 aliphatic heterocycles. The van der Waals surface area contributed by atoms with E-state index in [1.54, 1.807) is 20.4 Å². The Labute approximate surface area is 246 Å². The topological polar surface area (TPSA) is 54.9 Å². The van der Waals surface area contributed by atoms with Gasteiger partial charge in [0.1, 0.15) is 5.75 Å². The molecule has 0 N–H and O–H groups in total. The van der Waals surface area contributed by atoms with Gasteiger partial charge in [-0.2, -0.15) is 0 Å². The van der Waals surface area contributed by atoms with Crippen molar-refractivity contribution in [2.45, 2.75) is 37.1 Å². The van der Waals surface area contributed by atoms with Crippen molar-refractivity contribution in [3.8, 4) is 11.6 Å².